The predicted octanol–water partition coefficient (Wildman–Crippen LogP) is 3.20. The molecule has 0 saturated carbocycles. The van der Waals surface area contributed by atoms with Crippen molar-refractivity contribution in [1.82, 2.24) is 20.1 Å². The SMILES string of the molecule is COc1ccc(C(=O)N2CCN(c3nnc(Cl)cc3C)CC2)cc1C#Cc1ccccn1. The molecule has 1 amide bonds. The Hall–Kier alpha value is -3.63. The van der Waals surface area contributed by atoms with Crippen molar-refractivity contribution in [2.75, 3.05) is 38.2 Å². The van der Waals surface area contributed by atoms with Crippen molar-refractivity contribution in [2.24, 2.45) is 0 Å². The van der Waals surface area contributed by atoms with E-state index < -0.39 is 0 Å². The smallest absolute Gasteiger partial charge is 0.254 e. The number of carbonyl (C=O) groups excluding carboxylic acids is 1. The number of hydrogen-bond acceptors (Lipinski definition) is 6. The molecule has 1 saturated heterocycles. The first kappa shape index (κ1) is 21.6. The Bertz CT molecular complexity index is 1180. The average Bonchev–Trinajstić information content (AvgIpc) is 2.83. The summed E-state index contributed by atoms with van der Waals surface area (Å²) < 4.78 is 5.42. The Morgan fingerprint density at radius 2 is 1.88 bits per heavy atom. The summed E-state index contributed by atoms with van der Waals surface area (Å²) in [6.07, 6.45) is 1.69. The molecule has 2 aromatic heterocycles. The minimum atomic E-state index is -0.0351. The van der Waals surface area contributed by atoms with E-state index in [9.17, 15) is 4.79 Å². The van der Waals surface area contributed by atoms with Crippen LogP contribution in [0.3, 0.4) is 0 Å². The van der Waals surface area contributed by atoms with Crippen molar-refractivity contribution in [2.45, 2.75) is 6.92 Å². The average molecular weight is 448 g/mol. The molecule has 0 aliphatic carbocycles. The van der Waals surface area contributed by atoms with Gasteiger partial charge in [-0.2, -0.15) is 0 Å². The Kier molecular flexibility index (Phi) is 6.52. The van der Waals surface area contributed by atoms with E-state index in [0.717, 1.165) is 11.4 Å². The van der Waals surface area contributed by atoms with Gasteiger partial charge in [-0.25, -0.2) is 4.98 Å². The van der Waals surface area contributed by atoms with Crippen LogP contribution in [0.4, 0.5) is 5.82 Å². The highest BCUT2D eigenvalue weighted by molar-refractivity contribution is 6.29. The fourth-order valence-corrected chi connectivity index (χ4v) is 3.77. The Balaban J connectivity index is 1.48. The minimum absolute atomic E-state index is 0.0351. The van der Waals surface area contributed by atoms with E-state index in [1.807, 2.05) is 30.0 Å². The molecule has 1 aliphatic heterocycles. The third kappa shape index (κ3) is 4.82. The van der Waals surface area contributed by atoms with E-state index >= 15 is 0 Å². The van der Waals surface area contributed by atoms with Gasteiger partial charge in [0.1, 0.15) is 11.4 Å². The van der Waals surface area contributed by atoms with Crippen molar-refractivity contribution in [3.05, 3.63) is 76.2 Å². The molecule has 3 aromatic rings. The number of pyridine rings is 1. The van der Waals surface area contributed by atoms with E-state index in [2.05, 4.69) is 31.9 Å². The summed E-state index contributed by atoms with van der Waals surface area (Å²) in [5.74, 6) is 7.48. The fraction of sp³-hybridized carbons (Fsp3) is 0.250. The lowest BCUT2D eigenvalue weighted by Gasteiger charge is -2.35. The number of benzene rings is 1. The molecule has 162 valence electrons. The monoisotopic (exact) mass is 447 g/mol. The number of anilines is 1. The Morgan fingerprint density at radius 1 is 1.06 bits per heavy atom. The Labute approximate surface area is 192 Å². The minimum Gasteiger partial charge on any atom is -0.495 e. The van der Waals surface area contributed by atoms with Crippen LogP contribution in [0.5, 0.6) is 5.75 Å². The molecule has 8 heteroatoms. The molecular weight excluding hydrogens is 426 g/mol. The summed E-state index contributed by atoms with van der Waals surface area (Å²) in [5, 5.41) is 8.53. The van der Waals surface area contributed by atoms with Gasteiger partial charge < -0.3 is 14.5 Å². The number of nitrogens with zero attached hydrogens (tertiary/aromatic N) is 5. The molecule has 3 heterocycles. The number of piperazine rings is 1. The quantitative estimate of drug-likeness (QED) is 0.574. The summed E-state index contributed by atoms with van der Waals surface area (Å²) in [7, 11) is 1.59. The third-order valence-electron chi connectivity index (χ3n) is 5.23. The van der Waals surface area contributed by atoms with E-state index in [4.69, 9.17) is 16.3 Å². The molecule has 0 unspecified atom stereocenters. The Morgan fingerprint density at radius 3 is 2.56 bits per heavy atom. The largest absolute Gasteiger partial charge is 0.495 e. The van der Waals surface area contributed by atoms with Crippen LogP contribution in [0.15, 0.2) is 48.7 Å². The molecule has 7 nitrogen and oxygen atoms in total. The molecule has 0 N–H and O–H groups in total. The zero-order valence-electron chi connectivity index (χ0n) is 17.9. The summed E-state index contributed by atoms with van der Waals surface area (Å²) >= 11 is 5.91. The molecule has 32 heavy (non-hydrogen) atoms. The zero-order chi connectivity index (χ0) is 22.5. The third-order valence-corrected chi connectivity index (χ3v) is 5.42. The standard InChI is InChI=1S/C24H22ClN5O2/c1-17-15-22(25)27-28-23(17)29-11-13-30(14-12-29)24(31)19-7-9-21(32-2)18(16-19)6-8-20-5-3-4-10-26-20/h3-5,7,9-10,15-16H,11-14H2,1-2H3. The van der Waals surface area contributed by atoms with Gasteiger partial charge in [0.2, 0.25) is 0 Å². The van der Waals surface area contributed by atoms with Crippen LogP contribution >= 0.6 is 11.6 Å². The van der Waals surface area contributed by atoms with Crippen LogP contribution in [0.2, 0.25) is 5.15 Å². The lowest BCUT2D eigenvalue weighted by atomic mass is 10.1. The summed E-state index contributed by atoms with van der Waals surface area (Å²) in [6.45, 7) is 4.47. The molecular formula is C24H22ClN5O2. The summed E-state index contributed by atoms with van der Waals surface area (Å²) in [5.41, 5.74) is 2.85. The molecule has 0 atom stereocenters. The maximum absolute atomic E-state index is 13.1. The molecule has 0 spiro atoms. The molecule has 1 aromatic carbocycles. The van der Waals surface area contributed by atoms with Crippen molar-refractivity contribution < 1.29 is 9.53 Å². The van der Waals surface area contributed by atoms with E-state index in [1.54, 1.807) is 37.6 Å². The topological polar surface area (TPSA) is 71.5 Å². The van der Waals surface area contributed by atoms with Crippen LogP contribution in [0.25, 0.3) is 0 Å². The molecule has 4 rings (SSSR count). The van der Waals surface area contributed by atoms with Crippen molar-refractivity contribution >= 4 is 23.3 Å². The molecule has 1 fully saturated rings. The predicted molar refractivity (Wildman–Crippen MR) is 123 cm³/mol. The highest BCUT2D eigenvalue weighted by atomic mass is 35.5. The van der Waals surface area contributed by atoms with Gasteiger partial charge >= 0.3 is 0 Å². The van der Waals surface area contributed by atoms with Gasteiger partial charge in [-0.1, -0.05) is 23.6 Å². The lowest BCUT2D eigenvalue weighted by Crippen LogP contribution is -2.49. The normalized spacial score (nSPS) is 13.3. The van der Waals surface area contributed by atoms with Gasteiger partial charge in [-0.3, -0.25) is 4.79 Å². The van der Waals surface area contributed by atoms with Gasteiger partial charge in [0.15, 0.2) is 11.0 Å². The first-order valence-electron chi connectivity index (χ1n) is 10.2. The van der Waals surface area contributed by atoms with Gasteiger partial charge in [0, 0.05) is 37.9 Å². The number of hydrogen-bond donors (Lipinski definition) is 0. The number of amides is 1. The second-order valence-electron chi connectivity index (χ2n) is 7.33. The van der Waals surface area contributed by atoms with Gasteiger partial charge in [0.25, 0.3) is 5.91 Å². The van der Waals surface area contributed by atoms with Crippen molar-refractivity contribution in [3.8, 4) is 17.6 Å². The first-order valence-corrected chi connectivity index (χ1v) is 10.6. The van der Waals surface area contributed by atoms with Crippen LogP contribution in [-0.4, -0.2) is 59.3 Å². The second-order valence-corrected chi connectivity index (χ2v) is 7.72. The zero-order valence-corrected chi connectivity index (χ0v) is 18.6. The highest BCUT2D eigenvalue weighted by Crippen LogP contribution is 2.23. The first-order chi connectivity index (χ1) is 15.5. The van der Waals surface area contributed by atoms with Gasteiger partial charge in [0.05, 0.1) is 12.7 Å². The second kappa shape index (κ2) is 9.67. The number of rotatable bonds is 3. The highest BCUT2D eigenvalue weighted by Gasteiger charge is 2.24. The van der Waals surface area contributed by atoms with E-state index in [1.165, 1.54) is 0 Å². The van der Waals surface area contributed by atoms with Crippen LogP contribution in [0.1, 0.15) is 27.2 Å². The van der Waals surface area contributed by atoms with E-state index in [-0.39, 0.29) is 5.91 Å². The number of methoxy groups -OCH3 is 1. The van der Waals surface area contributed by atoms with E-state index in [0.29, 0.717) is 53.9 Å². The van der Waals surface area contributed by atoms with Crippen molar-refractivity contribution in [3.63, 3.8) is 0 Å². The number of halogens is 1. The maximum Gasteiger partial charge on any atom is 0.254 e. The number of aromatic nitrogens is 3. The lowest BCUT2D eigenvalue weighted by molar-refractivity contribution is 0.0746. The van der Waals surface area contributed by atoms with Gasteiger partial charge in [-0.15, -0.1) is 10.2 Å². The van der Waals surface area contributed by atoms with Crippen LogP contribution < -0.4 is 9.64 Å². The van der Waals surface area contributed by atoms with Crippen LogP contribution in [-0.2, 0) is 0 Å². The number of aryl methyl sites for hydroxylation is 1. The van der Waals surface area contributed by atoms with Gasteiger partial charge in [-0.05, 0) is 54.8 Å². The van der Waals surface area contributed by atoms with Crippen LogP contribution in [0, 0.1) is 18.8 Å². The molecule has 0 bridgehead atoms. The number of ether oxygens (including phenoxy) is 1. The fourth-order valence-electron chi connectivity index (χ4n) is 3.57. The summed E-state index contributed by atoms with van der Waals surface area (Å²) in [6, 6.07) is 12.7. The molecule has 1 aliphatic rings. The molecule has 0 radical (unpaired) electrons. The summed E-state index contributed by atoms with van der Waals surface area (Å²) in [4.78, 5) is 21.3. The maximum atomic E-state index is 13.1. The number of carbonyl (C=O) groups is 1. The van der Waals surface area contributed by atoms with Crippen molar-refractivity contribution in [1.29, 1.82) is 0 Å².